The van der Waals surface area contributed by atoms with Gasteiger partial charge in [0.25, 0.3) is 0 Å². The van der Waals surface area contributed by atoms with Gasteiger partial charge in [-0.1, -0.05) is 48.0 Å². The zero-order valence-corrected chi connectivity index (χ0v) is 19.0. The van der Waals surface area contributed by atoms with Gasteiger partial charge in [0.05, 0.1) is 4.90 Å². The van der Waals surface area contributed by atoms with Gasteiger partial charge in [0.2, 0.25) is 0 Å². The van der Waals surface area contributed by atoms with E-state index >= 15 is 0 Å². The molecule has 0 fully saturated rings. The number of carbonyl (C=O) groups is 1. The number of nitrogens with one attached hydrogen (secondary N) is 1. The molecule has 1 heterocycles. The number of fused-ring (bicyclic) bond motifs is 4. The summed E-state index contributed by atoms with van der Waals surface area (Å²) in [5.74, 6) is -1.90. The van der Waals surface area contributed by atoms with Crippen LogP contribution in [0.5, 0.6) is 0 Å². The van der Waals surface area contributed by atoms with E-state index in [0.717, 1.165) is 27.5 Å². The Balaban J connectivity index is 1.63. The third-order valence-electron chi connectivity index (χ3n) is 6.95. The first kappa shape index (κ1) is 21.0. The molecule has 2 atom stereocenters. The Bertz CT molecular complexity index is 1490. The SMILES string of the molecule is CC(C(=O)O)(C1CCc2c([nH]c3ccc(Cl)cc23)C1)S(=O)(=O)c1cccc2ccccc12. The molecule has 2 N–H and O–H groups in total. The van der Waals surface area contributed by atoms with Crippen molar-refractivity contribution in [3.63, 3.8) is 0 Å². The monoisotopic (exact) mass is 467 g/mol. The number of halogens is 1. The summed E-state index contributed by atoms with van der Waals surface area (Å²) in [4.78, 5) is 16.0. The zero-order chi connectivity index (χ0) is 22.7. The van der Waals surface area contributed by atoms with E-state index in [1.165, 1.54) is 13.0 Å². The van der Waals surface area contributed by atoms with E-state index in [1.807, 2.05) is 30.3 Å². The fourth-order valence-corrected chi connectivity index (χ4v) is 7.27. The van der Waals surface area contributed by atoms with Crippen molar-refractivity contribution in [3.8, 4) is 0 Å². The lowest BCUT2D eigenvalue weighted by molar-refractivity contribution is -0.141. The summed E-state index contributed by atoms with van der Waals surface area (Å²) < 4.78 is 25.9. The van der Waals surface area contributed by atoms with Crippen LogP contribution in [0, 0.1) is 5.92 Å². The summed E-state index contributed by atoms with van der Waals surface area (Å²) in [5.41, 5.74) is 2.90. The molecular formula is C25H22ClNO4S. The van der Waals surface area contributed by atoms with Crippen molar-refractivity contribution in [2.24, 2.45) is 5.92 Å². The lowest BCUT2D eigenvalue weighted by atomic mass is 9.79. The van der Waals surface area contributed by atoms with E-state index < -0.39 is 26.5 Å². The second kappa shape index (κ2) is 7.36. The predicted molar refractivity (Wildman–Crippen MR) is 126 cm³/mol. The topological polar surface area (TPSA) is 87.2 Å². The van der Waals surface area contributed by atoms with Gasteiger partial charge in [-0.05, 0) is 67.3 Å². The number of sulfone groups is 1. The Labute approximate surface area is 190 Å². The minimum atomic E-state index is -4.20. The molecular weight excluding hydrogens is 446 g/mol. The number of aryl methyl sites for hydroxylation is 1. The van der Waals surface area contributed by atoms with Gasteiger partial charge in [-0.2, -0.15) is 0 Å². The highest BCUT2D eigenvalue weighted by molar-refractivity contribution is 7.93. The molecule has 0 amide bonds. The fourth-order valence-electron chi connectivity index (χ4n) is 5.04. The molecule has 1 aliphatic carbocycles. The van der Waals surface area contributed by atoms with Gasteiger partial charge in [-0.25, -0.2) is 8.42 Å². The molecule has 1 aliphatic rings. The number of hydrogen-bond acceptors (Lipinski definition) is 3. The summed E-state index contributed by atoms with van der Waals surface area (Å²) in [6, 6.07) is 17.8. The van der Waals surface area contributed by atoms with Crippen molar-refractivity contribution in [3.05, 3.63) is 76.9 Å². The number of benzene rings is 3. The summed E-state index contributed by atoms with van der Waals surface area (Å²) in [5, 5.41) is 13.2. The number of H-pyrrole nitrogens is 1. The summed E-state index contributed by atoms with van der Waals surface area (Å²) in [6.07, 6.45) is 1.39. The standard InChI is InChI=1S/C25H22ClNO4S/c1-25(24(28)29,32(30,31)23-8-4-6-15-5-2-3-7-18(15)23)16-9-11-19-20-14-17(26)10-12-21(20)27-22(19)13-16/h2-8,10,12,14,16,27H,9,11,13H2,1H3,(H,28,29). The van der Waals surface area contributed by atoms with Crippen LogP contribution in [0.25, 0.3) is 21.7 Å². The third-order valence-corrected chi connectivity index (χ3v) is 9.75. The van der Waals surface area contributed by atoms with Gasteiger partial charge in [0, 0.05) is 27.0 Å². The molecule has 1 aromatic heterocycles. The molecule has 7 heteroatoms. The van der Waals surface area contributed by atoms with Crippen molar-refractivity contribution in [2.45, 2.75) is 35.8 Å². The molecule has 0 spiro atoms. The highest BCUT2D eigenvalue weighted by Crippen LogP contribution is 2.43. The van der Waals surface area contributed by atoms with Crippen molar-refractivity contribution in [1.29, 1.82) is 0 Å². The Morgan fingerprint density at radius 1 is 1.09 bits per heavy atom. The van der Waals surface area contributed by atoms with Crippen LogP contribution < -0.4 is 0 Å². The summed E-state index contributed by atoms with van der Waals surface area (Å²) in [6.45, 7) is 1.36. The van der Waals surface area contributed by atoms with Crippen LogP contribution in [0.2, 0.25) is 5.02 Å². The Morgan fingerprint density at radius 2 is 1.84 bits per heavy atom. The van der Waals surface area contributed by atoms with Crippen LogP contribution >= 0.6 is 11.6 Å². The van der Waals surface area contributed by atoms with Gasteiger partial charge in [-0.3, -0.25) is 4.79 Å². The summed E-state index contributed by atoms with van der Waals surface area (Å²) in [7, 11) is -4.20. The Morgan fingerprint density at radius 3 is 2.62 bits per heavy atom. The number of carboxylic acid groups (broad SMARTS) is 1. The van der Waals surface area contributed by atoms with Gasteiger partial charge in [-0.15, -0.1) is 0 Å². The number of aromatic amines is 1. The molecule has 2 unspecified atom stereocenters. The molecule has 32 heavy (non-hydrogen) atoms. The first-order valence-electron chi connectivity index (χ1n) is 10.5. The van der Waals surface area contributed by atoms with E-state index in [1.54, 1.807) is 24.3 Å². The lowest BCUT2D eigenvalue weighted by Crippen LogP contribution is -2.51. The number of carboxylic acids is 1. The molecule has 0 saturated carbocycles. The number of rotatable bonds is 4. The van der Waals surface area contributed by atoms with Crippen LogP contribution in [0.3, 0.4) is 0 Å². The predicted octanol–water partition coefficient (Wildman–Crippen LogP) is 5.40. The molecule has 5 rings (SSSR count). The Hall–Kier alpha value is -2.83. The third kappa shape index (κ3) is 2.97. The van der Waals surface area contributed by atoms with Crippen LogP contribution in [0.4, 0.5) is 0 Å². The maximum absolute atomic E-state index is 13.9. The molecule has 0 aliphatic heterocycles. The molecule has 0 saturated heterocycles. The largest absolute Gasteiger partial charge is 0.480 e. The van der Waals surface area contributed by atoms with Gasteiger partial charge >= 0.3 is 5.97 Å². The number of aromatic nitrogens is 1. The van der Waals surface area contributed by atoms with E-state index in [4.69, 9.17) is 11.6 Å². The minimum Gasteiger partial charge on any atom is -0.480 e. The highest BCUT2D eigenvalue weighted by Gasteiger charge is 2.54. The summed E-state index contributed by atoms with van der Waals surface area (Å²) >= 11 is 6.17. The van der Waals surface area contributed by atoms with Crippen molar-refractivity contribution in [2.75, 3.05) is 0 Å². The highest BCUT2D eigenvalue weighted by atomic mass is 35.5. The zero-order valence-electron chi connectivity index (χ0n) is 17.4. The van der Waals surface area contributed by atoms with E-state index in [9.17, 15) is 18.3 Å². The maximum atomic E-state index is 13.9. The van der Waals surface area contributed by atoms with Crippen LogP contribution in [0.1, 0.15) is 24.6 Å². The molecule has 5 nitrogen and oxygen atoms in total. The van der Waals surface area contributed by atoms with Crippen molar-refractivity contribution in [1.82, 2.24) is 4.98 Å². The van der Waals surface area contributed by atoms with Gasteiger partial charge < -0.3 is 10.1 Å². The molecule has 4 aromatic rings. The molecule has 0 radical (unpaired) electrons. The van der Waals surface area contributed by atoms with Crippen molar-refractivity contribution >= 4 is 49.1 Å². The second-order valence-corrected chi connectivity index (χ2v) is 11.3. The van der Waals surface area contributed by atoms with Gasteiger partial charge in [0.1, 0.15) is 0 Å². The molecule has 164 valence electrons. The van der Waals surface area contributed by atoms with Crippen LogP contribution in [-0.2, 0) is 27.5 Å². The lowest BCUT2D eigenvalue weighted by Gasteiger charge is -2.36. The fraction of sp³-hybridized carbons (Fsp3) is 0.240. The van der Waals surface area contributed by atoms with E-state index in [2.05, 4.69) is 4.98 Å². The second-order valence-electron chi connectivity index (χ2n) is 8.60. The normalized spacial score (nSPS) is 18.4. The van der Waals surface area contributed by atoms with E-state index in [0.29, 0.717) is 29.7 Å². The van der Waals surface area contributed by atoms with Gasteiger partial charge in [0.15, 0.2) is 14.6 Å². The maximum Gasteiger partial charge on any atom is 0.325 e. The van der Waals surface area contributed by atoms with E-state index in [-0.39, 0.29) is 4.90 Å². The average Bonchev–Trinajstić information content (AvgIpc) is 3.14. The molecule has 3 aromatic carbocycles. The first-order chi connectivity index (χ1) is 15.2. The van der Waals surface area contributed by atoms with Crippen molar-refractivity contribution < 1.29 is 18.3 Å². The first-order valence-corrected chi connectivity index (χ1v) is 12.3. The quantitative estimate of drug-likeness (QED) is 0.421. The smallest absolute Gasteiger partial charge is 0.325 e. The number of hydrogen-bond donors (Lipinski definition) is 2. The Kier molecular flexibility index (Phi) is 4.84. The average molecular weight is 468 g/mol. The van der Waals surface area contributed by atoms with Crippen LogP contribution in [0.15, 0.2) is 65.6 Å². The minimum absolute atomic E-state index is 0.0646. The molecule has 0 bridgehead atoms. The van der Waals surface area contributed by atoms with Crippen LogP contribution in [-0.4, -0.2) is 29.2 Å². The number of aliphatic carboxylic acids is 1.